The number of ether oxygens (including phenoxy) is 3. The molecule has 12 nitrogen and oxygen atoms in total. The molecule has 1 unspecified atom stereocenters. The van der Waals surface area contributed by atoms with Crippen LogP contribution in [0.15, 0.2) is 67.0 Å². The Bertz CT molecular complexity index is 1420. The van der Waals surface area contributed by atoms with Gasteiger partial charge in [0.05, 0.1) is 27.0 Å². The van der Waals surface area contributed by atoms with E-state index >= 15 is 0 Å². The van der Waals surface area contributed by atoms with Gasteiger partial charge in [0.2, 0.25) is 17.7 Å². The van der Waals surface area contributed by atoms with Gasteiger partial charge >= 0.3 is 6.09 Å². The highest BCUT2D eigenvalue weighted by atomic mass is 16.5. The van der Waals surface area contributed by atoms with Gasteiger partial charge in [-0.05, 0) is 29.8 Å². The number of methoxy groups -OCH3 is 3. The standard InChI is InChI=1S/C27H27N7O5/c1-17(35)30-21-12-11-18(16-29-21)27(20-8-6-10-23(32-20)37-2,25-28-14-13-24(34-25)38-3)15-19-7-5-9-22(31-19)33-26(36)39-4/h5-14,16H,15H2,1-4H3,(H,29,30,35)(H,31,33,36). The van der Waals surface area contributed by atoms with E-state index in [9.17, 15) is 9.59 Å². The predicted octanol–water partition coefficient (Wildman–Crippen LogP) is 3.39. The van der Waals surface area contributed by atoms with Gasteiger partial charge in [-0.15, -0.1) is 0 Å². The SMILES string of the molecule is COC(=O)Nc1cccc(CC(c2ccc(NC(C)=O)nc2)(c2cccc(OC)n2)c2nccc(OC)n2)n1. The molecule has 0 spiro atoms. The topological polar surface area (TPSA) is 150 Å². The summed E-state index contributed by atoms with van der Waals surface area (Å²) in [5.41, 5.74) is 0.656. The average Bonchev–Trinajstić information content (AvgIpc) is 2.96. The molecule has 0 radical (unpaired) electrons. The summed E-state index contributed by atoms with van der Waals surface area (Å²) < 4.78 is 15.6. The summed E-state index contributed by atoms with van der Waals surface area (Å²) in [6, 6.07) is 15.8. The molecule has 4 aromatic heterocycles. The van der Waals surface area contributed by atoms with Gasteiger partial charge < -0.3 is 19.5 Å². The van der Waals surface area contributed by atoms with Gasteiger partial charge in [-0.25, -0.2) is 24.7 Å². The van der Waals surface area contributed by atoms with Gasteiger partial charge in [0.15, 0.2) is 0 Å². The van der Waals surface area contributed by atoms with Crippen molar-refractivity contribution in [1.29, 1.82) is 0 Å². The molecular formula is C27H27N7O5. The Balaban J connectivity index is 1.97. The molecule has 0 aliphatic carbocycles. The highest BCUT2D eigenvalue weighted by molar-refractivity contribution is 5.87. The molecule has 39 heavy (non-hydrogen) atoms. The Morgan fingerprint density at radius 2 is 1.59 bits per heavy atom. The molecule has 0 aromatic carbocycles. The molecule has 0 fully saturated rings. The van der Waals surface area contributed by atoms with Crippen molar-refractivity contribution in [2.24, 2.45) is 0 Å². The van der Waals surface area contributed by atoms with Crippen LogP contribution < -0.4 is 20.1 Å². The Labute approximate surface area is 224 Å². The summed E-state index contributed by atoms with van der Waals surface area (Å²) >= 11 is 0. The van der Waals surface area contributed by atoms with Crippen LogP contribution in [0.3, 0.4) is 0 Å². The van der Waals surface area contributed by atoms with E-state index in [1.807, 2.05) is 24.3 Å². The molecule has 12 heteroatoms. The van der Waals surface area contributed by atoms with Crippen LogP contribution in [0.25, 0.3) is 0 Å². The van der Waals surface area contributed by atoms with Crippen molar-refractivity contribution in [3.8, 4) is 11.8 Å². The summed E-state index contributed by atoms with van der Waals surface area (Å²) in [6.45, 7) is 1.41. The number of hydrogen-bond acceptors (Lipinski definition) is 10. The summed E-state index contributed by atoms with van der Waals surface area (Å²) in [5.74, 6) is 1.54. The second-order valence-corrected chi connectivity index (χ2v) is 8.31. The quantitative estimate of drug-likeness (QED) is 0.330. The van der Waals surface area contributed by atoms with Crippen LogP contribution in [0.2, 0.25) is 0 Å². The molecule has 4 aromatic rings. The summed E-state index contributed by atoms with van der Waals surface area (Å²) in [6.07, 6.45) is 2.79. The fourth-order valence-electron chi connectivity index (χ4n) is 4.07. The molecule has 0 aliphatic heterocycles. The predicted molar refractivity (Wildman–Crippen MR) is 142 cm³/mol. The zero-order chi connectivity index (χ0) is 27.8. The van der Waals surface area contributed by atoms with E-state index in [1.165, 1.54) is 28.3 Å². The summed E-state index contributed by atoms with van der Waals surface area (Å²) in [4.78, 5) is 46.6. The number of nitrogens with zero attached hydrogens (tertiary/aromatic N) is 5. The van der Waals surface area contributed by atoms with E-state index in [0.717, 1.165) is 0 Å². The van der Waals surface area contributed by atoms with Gasteiger partial charge in [0, 0.05) is 43.6 Å². The van der Waals surface area contributed by atoms with Crippen LogP contribution in [-0.2, 0) is 21.4 Å². The maximum atomic E-state index is 11.8. The molecule has 2 amide bonds. The fourth-order valence-corrected chi connectivity index (χ4v) is 4.07. The smallest absolute Gasteiger partial charge is 0.412 e. The Kier molecular flexibility index (Phi) is 8.24. The van der Waals surface area contributed by atoms with Crippen molar-refractivity contribution in [3.63, 3.8) is 0 Å². The number of amides is 2. The molecule has 0 saturated carbocycles. The van der Waals surface area contributed by atoms with Crippen molar-refractivity contribution in [1.82, 2.24) is 24.9 Å². The van der Waals surface area contributed by atoms with Crippen LogP contribution in [0.1, 0.15) is 29.7 Å². The maximum Gasteiger partial charge on any atom is 0.412 e. The Morgan fingerprint density at radius 3 is 2.28 bits per heavy atom. The molecular weight excluding hydrogens is 502 g/mol. The number of anilines is 2. The lowest BCUT2D eigenvalue weighted by atomic mass is 9.73. The molecule has 4 heterocycles. The van der Waals surface area contributed by atoms with Crippen LogP contribution >= 0.6 is 0 Å². The van der Waals surface area contributed by atoms with E-state index in [0.29, 0.717) is 46.2 Å². The average molecular weight is 530 g/mol. The van der Waals surface area contributed by atoms with Crippen LogP contribution in [0.5, 0.6) is 11.8 Å². The van der Waals surface area contributed by atoms with Gasteiger partial charge in [-0.3, -0.25) is 10.1 Å². The number of pyridine rings is 3. The lowest BCUT2D eigenvalue weighted by molar-refractivity contribution is -0.114. The summed E-state index contributed by atoms with van der Waals surface area (Å²) in [5, 5.41) is 5.27. The highest BCUT2D eigenvalue weighted by Gasteiger charge is 2.42. The monoisotopic (exact) mass is 529 g/mol. The van der Waals surface area contributed by atoms with Gasteiger partial charge in [-0.1, -0.05) is 18.2 Å². The van der Waals surface area contributed by atoms with Crippen molar-refractivity contribution in [2.75, 3.05) is 32.0 Å². The first-order valence-electron chi connectivity index (χ1n) is 11.8. The van der Waals surface area contributed by atoms with Gasteiger partial charge in [-0.2, -0.15) is 4.98 Å². The van der Waals surface area contributed by atoms with Crippen LogP contribution in [-0.4, -0.2) is 58.2 Å². The van der Waals surface area contributed by atoms with E-state index in [-0.39, 0.29) is 12.3 Å². The third-order valence-electron chi connectivity index (χ3n) is 5.82. The first kappa shape index (κ1) is 26.9. The summed E-state index contributed by atoms with van der Waals surface area (Å²) in [7, 11) is 4.32. The normalized spacial score (nSPS) is 12.1. The number of hydrogen-bond donors (Lipinski definition) is 2. The van der Waals surface area contributed by atoms with E-state index in [2.05, 4.69) is 25.6 Å². The minimum Gasteiger partial charge on any atom is -0.481 e. The Hall–Kier alpha value is -5.13. The number of carbonyl (C=O) groups is 2. The largest absolute Gasteiger partial charge is 0.481 e. The molecule has 0 saturated heterocycles. The zero-order valence-electron chi connectivity index (χ0n) is 21.8. The van der Waals surface area contributed by atoms with Crippen LogP contribution in [0, 0.1) is 0 Å². The number of aromatic nitrogens is 5. The third-order valence-corrected chi connectivity index (χ3v) is 5.82. The lowest BCUT2D eigenvalue weighted by Crippen LogP contribution is -2.36. The molecule has 0 bridgehead atoms. The van der Waals surface area contributed by atoms with E-state index in [1.54, 1.807) is 42.7 Å². The van der Waals surface area contributed by atoms with Crippen LogP contribution in [0.4, 0.5) is 16.4 Å². The minimum atomic E-state index is -1.15. The maximum absolute atomic E-state index is 11.8. The fraction of sp³-hybridized carbons (Fsp3) is 0.222. The van der Waals surface area contributed by atoms with E-state index < -0.39 is 11.5 Å². The molecule has 4 rings (SSSR count). The second kappa shape index (κ2) is 11.9. The van der Waals surface area contributed by atoms with Gasteiger partial charge in [0.25, 0.3) is 0 Å². The minimum absolute atomic E-state index is 0.207. The first-order valence-corrected chi connectivity index (χ1v) is 11.8. The lowest BCUT2D eigenvalue weighted by Gasteiger charge is -2.32. The number of nitrogens with one attached hydrogen (secondary N) is 2. The molecule has 2 N–H and O–H groups in total. The zero-order valence-corrected chi connectivity index (χ0v) is 21.8. The Morgan fingerprint density at radius 1 is 0.821 bits per heavy atom. The van der Waals surface area contributed by atoms with Crippen molar-refractivity contribution in [2.45, 2.75) is 18.8 Å². The van der Waals surface area contributed by atoms with Crippen molar-refractivity contribution in [3.05, 3.63) is 89.8 Å². The molecule has 1 atom stereocenters. The van der Waals surface area contributed by atoms with Crippen molar-refractivity contribution >= 4 is 23.6 Å². The second-order valence-electron chi connectivity index (χ2n) is 8.31. The highest BCUT2D eigenvalue weighted by Crippen LogP contribution is 2.40. The third kappa shape index (κ3) is 6.06. The van der Waals surface area contributed by atoms with Crippen molar-refractivity contribution < 1.29 is 23.8 Å². The number of rotatable bonds is 9. The molecule has 0 aliphatic rings. The first-order chi connectivity index (χ1) is 18.9. The molecule has 200 valence electrons. The number of carbonyl (C=O) groups excluding carboxylic acids is 2. The van der Waals surface area contributed by atoms with E-state index in [4.69, 9.17) is 24.2 Å². The van der Waals surface area contributed by atoms with Gasteiger partial charge in [0.1, 0.15) is 22.9 Å².